The van der Waals surface area contributed by atoms with Gasteiger partial charge in [0.2, 0.25) is 5.91 Å². The van der Waals surface area contributed by atoms with E-state index < -0.39 is 4.92 Å². The van der Waals surface area contributed by atoms with Crippen molar-refractivity contribution in [1.29, 1.82) is 0 Å². The van der Waals surface area contributed by atoms with E-state index in [2.05, 4.69) is 15.8 Å². The summed E-state index contributed by atoms with van der Waals surface area (Å²) < 4.78 is 0. The number of rotatable bonds is 7. The first-order valence-corrected chi connectivity index (χ1v) is 7.57. The number of nitro benzene ring substituents is 1. The fourth-order valence-electron chi connectivity index (χ4n) is 1.66. The lowest BCUT2D eigenvalue weighted by Gasteiger charge is -2.08. The molecule has 0 saturated heterocycles. The number of thioether (sulfide) groups is 1. The molecule has 8 heteroatoms. The number of carbonyl (C=O) groups excluding carboxylic acids is 1. The minimum atomic E-state index is -0.508. The van der Waals surface area contributed by atoms with Gasteiger partial charge in [-0.15, -0.1) is 11.8 Å². The molecule has 2 rings (SSSR count). The molecule has 2 N–H and O–H groups in total. The predicted octanol–water partition coefficient (Wildman–Crippen LogP) is 2.37. The number of hydrogen-bond acceptors (Lipinski definition) is 6. The molecule has 114 valence electrons. The topological polar surface area (TPSA) is 97.2 Å². The van der Waals surface area contributed by atoms with Crippen LogP contribution in [0.25, 0.3) is 0 Å². The number of pyridine rings is 1. The van der Waals surface area contributed by atoms with Gasteiger partial charge in [-0.1, -0.05) is 18.2 Å². The summed E-state index contributed by atoms with van der Waals surface area (Å²) in [4.78, 5) is 26.0. The Morgan fingerprint density at radius 1 is 1.27 bits per heavy atom. The molecule has 0 aliphatic heterocycles. The molecule has 1 heterocycles. The molecule has 7 nitrogen and oxygen atoms in total. The first kappa shape index (κ1) is 15.8. The minimum absolute atomic E-state index is 0.0918. The Morgan fingerprint density at radius 3 is 2.82 bits per heavy atom. The second-order valence-electron chi connectivity index (χ2n) is 4.30. The van der Waals surface area contributed by atoms with Crippen LogP contribution in [0.1, 0.15) is 5.56 Å². The molecule has 0 bridgehead atoms. The second-order valence-corrected chi connectivity index (χ2v) is 5.29. The van der Waals surface area contributed by atoms with Crippen LogP contribution in [0.3, 0.4) is 0 Å². The number of nitrogens with zero attached hydrogens (tertiary/aromatic N) is 2. The van der Waals surface area contributed by atoms with Crippen LogP contribution in [0.15, 0.2) is 48.8 Å². The fourth-order valence-corrected chi connectivity index (χ4v) is 2.42. The maximum absolute atomic E-state index is 11.7. The zero-order valence-electron chi connectivity index (χ0n) is 11.6. The molecule has 0 radical (unpaired) electrons. The molecule has 0 aliphatic rings. The van der Waals surface area contributed by atoms with Gasteiger partial charge in [0, 0.05) is 24.2 Å². The molecule has 1 aromatic heterocycles. The number of amides is 1. The Bertz CT molecular complexity index is 652. The van der Waals surface area contributed by atoms with E-state index >= 15 is 0 Å². The number of aromatic nitrogens is 1. The lowest BCUT2D eigenvalue weighted by atomic mass is 10.3. The van der Waals surface area contributed by atoms with E-state index in [1.807, 2.05) is 12.1 Å². The van der Waals surface area contributed by atoms with Crippen LogP contribution in [0.5, 0.6) is 0 Å². The third-order valence-corrected chi connectivity index (χ3v) is 3.67. The third kappa shape index (κ3) is 4.74. The van der Waals surface area contributed by atoms with Crippen LogP contribution in [-0.2, 0) is 10.5 Å². The summed E-state index contributed by atoms with van der Waals surface area (Å²) in [7, 11) is 0. The van der Waals surface area contributed by atoms with Gasteiger partial charge in [-0.05, 0) is 17.7 Å². The first-order chi connectivity index (χ1) is 10.7. The van der Waals surface area contributed by atoms with Crippen LogP contribution in [0.4, 0.5) is 11.4 Å². The summed E-state index contributed by atoms with van der Waals surface area (Å²) in [5.41, 5.74) is 6.22. The minimum Gasteiger partial charge on any atom is -0.292 e. The molecule has 0 spiro atoms. The standard InChI is InChI=1S/C14H14N4O3S/c19-14(10-22-9-11-4-3-7-15-8-11)17-16-12-5-1-2-6-13(12)18(20)21/h1-8,16H,9-10H2,(H,17,19). The summed E-state index contributed by atoms with van der Waals surface area (Å²) in [6.45, 7) is 0. The molecule has 0 aliphatic carbocycles. The molecular formula is C14H14N4O3S. The van der Waals surface area contributed by atoms with Crippen LogP contribution in [-0.4, -0.2) is 21.6 Å². The van der Waals surface area contributed by atoms with Crippen LogP contribution < -0.4 is 10.9 Å². The average molecular weight is 318 g/mol. The highest BCUT2D eigenvalue weighted by molar-refractivity contribution is 7.99. The Morgan fingerprint density at radius 2 is 2.09 bits per heavy atom. The smallest absolute Gasteiger partial charge is 0.292 e. The molecule has 22 heavy (non-hydrogen) atoms. The van der Waals surface area contributed by atoms with Gasteiger partial charge in [-0.25, -0.2) is 0 Å². The molecule has 2 aromatic rings. The number of hydrogen-bond donors (Lipinski definition) is 2. The highest BCUT2D eigenvalue weighted by Crippen LogP contribution is 2.22. The van der Waals surface area contributed by atoms with Crippen molar-refractivity contribution in [2.24, 2.45) is 0 Å². The number of nitro groups is 1. The zero-order valence-corrected chi connectivity index (χ0v) is 12.4. The number of nitrogens with one attached hydrogen (secondary N) is 2. The fraction of sp³-hybridized carbons (Fsp3) is 0.143. The summed E-state index contributed by atoms with van der Waals surface area (Å²) in [5, 5.41) is 10.8. The highest BCUT2D eigenvalue weighted by atomic mass is 32.2. The largest absolute Gasteiger partial charge is 0.294 e. The Balaban J connectivity index is 1.77. The number of anilines is 1. The molecule has 1 amide bonds. The van der Waals surface area contributed by atoms with Crippen molar-refractivity contribution < 1.29 is 9.72 Å². The van der Waals surface area contributed by atoms with Crippen LogP contribution in [0, 0.1) is 10.1 Å². The van der Waals surface area contributed by atoms with Gasteiger partial charge in [0.25, 0.3) is 5.69 Å². The lowest BCUT2D eigenvalue weighted by molar-refractivity contribution is -0.384. The molecule has 1 aromatic carbocycles. The van der Waals surface area contributed by atoms with E-state index in [1.54, 1.807) is 24.5 Å². The zero-order chi connectivity index (χ0) is 15.8. The van der Waals surface area contributed by atoms with Gasteiger partial charge >= 0.3 is 0 Å². The average Bonchev–Trinajstić information content (AvgIpc) is 2.54. The van der Waals surface area contributed by atoms with E-state index in [0.29, 0.717) is 5.75 Å². The van der Waals surface area contributed by atoms with Gasteiger partial charge < -0.3 is 0 Å². The van der Waals surface area contributed by atoms with E-state index in [9.17, 15) is 14.9 Å². The molecular weight excluding hydrogens is 304 g/mol. The van der Waals surface area contributed by atoms with Crippen molar-refractivity contribution in [3.05, 3.63) is 64.5 Å². The lowest BCUT2D eigenvalue weighted by Crippen LogP contribution is -2.31. The summed E-state index contributed by atoms with van der Waals surface area (Å²) in [5.74, 6) is 0.655. The van der Waals surface area contributed by atoms with Gasteiger partial charge in [-0.2, -0.15) is 0 Å². The second kappa shape index (κ2) is 7.99. The third-order valence-electron chi connectivity index (χ3n) is 2.66. The number of benzene rings is 1. The van der Waals surface area contributed by atoms with E-state index in [4.69, 9.17) is 0 Å². The van der Waals surface area contributed by atoms with Crippen LogP contribution in [0.2, 0.25) is 0 Å². The number of hydrazine groups is 1. The quantitative estimate of drug-likeness (QED) is 0.601. The van der Waals surface area contributed by atoms with Crippen molar-refractivity contribution in [3.8, 4) is 0 Å². The van der Waals surface area contributed by atoms with Crippen molar-refractivity contribution in [1.82, 2.24) is 10.4 Å². The van der Waals surface area contributed by atoms with Crippen molar-refractivity contribution in [2.75, 3.05) is 11.2 Å². The predicted molar refractivity (Wildman–Crippen MR) is 85.3 cm³/mol. The summed E-state index contributed by atoms with van der Waals surface area (Å²) in [6, 6.07) is 9.88. The normalized spacial score (nSPS) is 10.0. The highest BCUT2D eigenvalue weighted by Gasteiger charge is 2.12. The molecule has 0 atom stereocenters. The Labute approximate surface area is 131 Å². The van der Waals surface area contributed by atoms with Crippen LogP contribution >= 0.6 is 11.8 Å². The van der Waals surface area contributed by atoms with Gasteiger partial charge in [-0.3, -0.25) is 30.7 Å². The van der Waals surface area contributed by atoms with E-state index in [0.717, 1.165) is 5.56 Å². The van der Waals surface area contributed by atoms with Gasteiger partial charge in [0.05, 0.1) is 10.7 Å². The van der Waals surface area contributed by atoms with Crippen molar-refractivity contribution >= 4 is 29.0 Å². The molecule has 0 fully saturated rings. The van der Waals surface area contributed by atoms with E-state index in [1.165, 1.54) is 23.9 Å². The van der Waals surface area contributed by atoms with E-state index in [-0.39, 0.29) is 23.0 Å². The summed E-state index contributed by atoms with van der Waals surface area (Å²) in [6.07, 6.45) is 3.44. The maximum atomic E-state index is 11.7. The summed E-state index contributed by atoms with van der Waals surface area (Å²) >= 11 is 1.43. The SMILES string of the molecule is O=C(CSCc1cccnc1)NNc1ccccc1[N+](=O)[O-]. The number of para-hydroxylation sites is 2. The Hall–Kier alpha value is -2.61. The van der Waals surface area contributed by atoms with Gasteiger partial charge in [0.15, 0.2) is 0 Å². The monoisotopic (exact) mass is 318 g/mol. The molecule has 0 unspecified atom stereocenters. The Kier molecular flexibility index (Phi) is 5.73. The molecule has 0 saturated carbocycles. The first-order valence-electron chi connectivity index (χ1n) is 6.42. The van der Waals surface area contributed by atoms with Crippen molar-refractivity contribution in [2.45, 2.75) is 5.75 Å². The van der Waals surface area contributed by atoms with Gasteiger partial charge in [0.1, 0.15) is 5.69 Å². The van der Waals surface area contributed by atoms with Crippen molar-refractivity contribution in [3.63, 3.8) is 0 Å². The maximum Gasteiger partial charge on any atom is 0.294 e. The number of carbonyl (C=O) groups is 1.